The van der Waals surface area contributed by atoms with Gasteiger partial charge in [0.15, 0.2) is 0 Å². The van der Waals surface area contributed by atoms with Gasteiger partial charge in [-0.15, -0.1) is 11.6 Å². The number of alkyl halides is 1. The number of benzene rings is 1. The van der Waals surface area contributed by atoms with Gasteiger partial charge < -0.3 is 10.1 Å². The lowest BCUT2D eigenvalue weighted by atomic mass is 10.2. The molecule has 0 bridgehead atoms. The Morgan fingerprint density at radius 2 is 2.00 bits per heavy atom. The summed E-state index contributed by atoms with van der Waals surface area (Å²) in [5, 5.41) is 3.22. The Hall–Kier alpha value is -0.730. The maximum atomic E-state index is 5.53. The molecule has 2 nitrogen and oxygen atoms in total. The first-order valence-electron chi connectivity index (χ1n) is 4.26. The molecule has 0 aromatic heterocycles. The summed E-state index contributed by atoms with van der Waals surface area (Å²) in [5.74, 6) is 1.54. The van der Waals surface area contributed by atoms with Crippen LogP contribution in [0.25, 0.3) is 0 Å². The highest BCUT2D eigenvalue weighted by Gasteiger charge is 1.92. The van der Waals surface area contributed by atoms with Gasteiger partial charge in [-0.25, -0.2) is 0 Å². The van der Waals surface area contributed by atoms with Gasteiger partial charge in [-0.05, 0) is 17.7 Å². The Morgan fingerprint density at radius 1 is 1.31 bits per heavy atom. The van der Waals surface area contributed by atoms with E-state index in [9.17, 15) is 0 Å². The van der Waals surface area contributed by atoms with Crippen LogP contribution >= 0.6 is 11.6 Å². The van der Waals surface area contributed by atoms with E-state index in [-0.39, 0.29) is 0 Å². The molecule has 0 radical (unpaired) electrons. The Balaban J connectivity index is 2.40. The van der Waals surface area contributed by atoms with Crippen LogP contribution < -0.4 is 10.1 Å². The standard InChI is InChI=1S/C10H14ClNO/c1-13-10-4-2-9(3-5-10)8-12-7-6-11/h2-5,12H,6-8H2,1H3. The van der Waals surface area contributed by atoms with Crippen LogP contribution in [0.15, 0.2) is 24.3 Å². The van der Waals surface area contributed by atoms with Crippen molar-refractivity contribution in [1.29, 1.82) is 0 Å². The number of nitrogens with one attached hydrogen (secondary N) is 1. The highest BCUT2D eigenvalue weighted by molar-refractivity contribution is 6.18. The van der Waals surface area contributed by atoms with Gasteiger partial charge in [-0.3, -0.25) is 0 Å². The van der Waals surface area contributed by atoms with E-state index in [4.69, 9.17) is 16.3 Å². The van der Waals surface area contributed by atoms with Crippen LogP contribution in [0.1, 0.15) is 5.56 Å². The summed E-state index contributed by atoms with van der Waals surface area (Å²) in [6, 6.07) is 8.00. The largest absolute Gasteiger partial charge is 0.497 e. The fourth-order valence-electron chi connectivity index (χ4n) is 1.04. The van der Waals surface area contributed by atoms with Gasteiger partial charge in [0.1, 0.15) is 5.75 Å². The predicted molar refractivity (Wildman–Crippen MR) is 55.4 cm³/mol. The SMILES string of the molecule is COc1ccc(CNCCCl)cc1. The number of hydrogen-bond acceptors (Lipinski definition) is 2. The lowest BCUT2D eigenvalue weighted by molar-refractivity contribution is 0.414. The molecule has 0 heterocycles. The van der Waals surface area contributed by atoms with Gasteiger partial charge in [0.05, 0.1) is 7.11 Å². The average molecular weight is 200 g/mol. The summed E-state index contributed by atoms with van der Waals surface area (Å²) in [5.41, 5.74) is 1.24. The van der Waals surface area contributed by atoms with Gasteiger partial charge in [0.25, 0.3) is 0 Å². The minimum absolute atomic E-state index is 0.649. The molecule has 0 atom stereocenters. The maximum Gasteiger partial charge on any atom is 0.118 e. The second-order valence-corrected chi connectivity index (χ2v) is 3.09. The smallest absolute Gasteiger partial charge is 0.118 e. The summed E-state index contributed by atoms with van der Waals surface area (Å²) in [6.45, 7) is 1.70. The minimum atomic E-state index is 0.649. The predicted octanol–water partition coefficient (Wildman–Crippen LogP) is 2.02. The number of methoxy groups -OCH3 is 1. The van der Waals surface area contributed by atoms with Crippen molar-refractivity contribution in [3.05, 3.63) is 29.8 Å². The van der Waals surface area contributed by atoms with Crippen LogP contribution in [0.3, 0.4) is 0 Å². The van der Waals surface area contributed by atoms with Crippen LogP contribution in [-0.4, -0.2) is 19.5 Å². The molecule has 1 aromatic carbocycles. The van der Waals surface area contributed by atoms with Crippen molar-refractivity contribution in [2.45, 2.75) is 6.54 Å². The minimum Gasteiger partial charge on any atom is -0.497 e. The van der Waals surface area contributed by atoms with E-state index in [1.165, 1.54) is 5.56 Å². The Morgan fingerprint density at radius 3 is 2.54 bits per heavy atom. The number of halogens is 1. The Labute approximate surface area is 83.9 Å². The van der Waals surface area contributed by atoms with E-state index < -0.39 is 0 Å². The molecule has 0 aliphatic carbocycles. The van der Waals surface area contributed by atoms with E-state index in [1.807, 2.05) is 24.3 Å². The zero-order valence-electron chi connectivity index (χ0n) is 7.72. The average Bonchev–Trinajstić information content (AvgIpc) is 2.19. The van der Waals surface area contributed by atoms with Crippen molar-refractivity contribution in [1.82, 2.24) is 5.32 Å². The zero-order valence-corrected chi connectivity index (χ0v) is 8.47. The molecule has 0 unspecified atom stereocenters. The van der Waals surface area contributed by atoms with Crippen LogP contribution in [0.2, 0.25) is 0 Å². The van der Waals surface area contributed by atoms with Gasteiger partial charge in [0.2, 0.25) is 0 Å². The third kappa shape index (κ3) is 3.66. The zero-order chi connectivity index (χ0) is 9.52. The summed E-state index contributed by atoms with van der Waals surface area (Å²) >= 11 is 5.53. The Kier molecular flexibility index (Phi) is 4.65. The molecule has 0 spiro atoms. The normalized spacial score (nSPS) is 10.0. The number of hydrogen-bond donors (Lipinski definition) is 1. The quantitative estimate of drug-likeness (QED) is 0.579. The number of rotatable bonds is 5. The molecule has 0 fully saturated rings. The van der Waals surface area contributed by atoms with Crippen molar-refractivity contribution in [2.75, 3.05) is 19.5 Å². The van der Waals surface area contributed by atoms with Crippen molar-refractivity contribution in [3.8, 4) is 5.75 Å². The molecule has 72 valence electrons. The van der Waals surface area contributed by atoms with Crippen LogP contribution in [0.4, 0.5) is 0 Å². The summed E-state index contributed by atoms with van der Waals surface area (Å²) in [7, 11) is 1.67. The molecular formula is C10H14ClNO. The third-order valence-corrected chi connectivity index (χ3v) is 1.95. The van der Waals surface area contributed by atoms with Crippen LogP contribution in [-0.2, 0) is 6.54 Å². The first-order chi connectivity index (χ1) is 6.36. The number of ether oxygens (including phenoxy) is 1. The highest BCUT2D eigenvalue weighted by atomic mass is 35.5. The summed E-state index contributed by atoms with van der Waals surface area (Å²) in [6.07, 6.45) is 0. The molecule has 3 heteroatoms. The third-order valence-electron chi connectivity index (χ3n) is 1.76. The molecule has 13 heavy (non-hydrogen) atoms. The molecule has 0 saturated heterocycles. The lowest BCUT2D eigenvalue weighted by Gasteiger charge is -2.03. The summed E-state index contributed by atoms with van der Waals surface area (Å²) < 4.78 is 5.05. The van der Waals surface area contributed by atoms with Crippen LogP contribution in [0.5, 0.6) is 5.75 Å². The molecule has 0 aliphatic heterocycles. The first kappa shape index (κ1) is 10.4. The van der Waals surface area contributed by atoms with Gasteiger partial charge in [0, 0.05) is 19.0 Å². The second-order valence-electron chi connectivity index (χ2n) is 2.71. The molecule has 1 rings (SSSR count). The van der Waals surface area contributed by atoms with Crippen molar-refractivity contribution in [3.63, 3.8) is 0 Å². The lowest BCUT2D eigenvalue weighted by Crippen LogP contribution is -2.15. The van der Waals surface area contributed by atoms with Crippen molar-refractivity contribution >= 4 is 11.6 Å². The van der Waals surface area contributed by atoms with E-state index in [0.29, 0.717) is 5.88 Å². The molecular weight excluding hydrogens is 186 g/mol. The molecule has 0 amide bonds. The van der Waals surface area contributed by atoms with E-state index in [1.54, 1.807) is 7.11 Å². The fourth-order valence-corrected chi connectivity index (χ4v) is 1.18. The highest BCUT2D eigenvalue weighted by Crippen LogP contribution is 2.10. The van der Waals surface area contributed by atoms with E-state index >= 15 is 0 Å². The fraction of sp³-hybridized carbons (Fsp3) is 0.400. The van der Waals surface area contributed by atoms with Gasteiger partial charge in [-0.2, -0.15) is 0 Å². The topological polar surface area (TPSA) is 21.3 Å². The van der Waals surface area contributed by atoms with Crippen molar-refractivity contribution in [2.24, 2.45) is 0 Å². The van der Waals surface area contributed by atoms with Gasteiger partial charge in [-0.1, -0.05) is 12.1 Å². The van der Waals surface area contributed by atoms with E-state index in [0.717, 1.165) is 18.8 Å². The van der Waals surface area contributed by atoms with Crippen LogP contribution in [0, 0.1) is 0 Å². The summed E-state index contributed by atoms with van der Waals surface area (Å²) in [4.78, 5) is 0. The van der Waals surface area contributed by atoms with Crippen molar-refractivity contribution < 1.29 is 4.74 Å². The van der Waals surface area contributed by atoms with Gasteiger partial charge >= 0.3 is 0 Å². The molecule has 1 N–H and O–H groups in total. The first-order valence-corrected chi connectivity index (χ1v) is 4.80. The maximum absolute atomic E-state index is 5.53. The Bertz CT molecular complexity index is 235. The molecule has 1 aromatic rings. The second kappa shape index (κ2) is 5.84. The monoisotopic (exact) mass is 199 g/mol. The van der Waals surface area contributed by atoms with E-state index in [2.05, 4.69) is 5.32 Å². The molecule has 0 aliphatic rings. The molecule has 0 saturated carbocycles.